The zero-order valence-electron chi connectivity index (χ0n) is 17.8. The lowest BCUT2D eigenvalue weighted by atomic mass is 10.0. The second kappa shape index (κ2) is 20.3. The first-order chi connectivity index (χ1) is 11.7. The van der Waals surface area contributed by atoms with Crippen LogP contribution < -0.4 is 12.4 Å². The maximum Gasteiger partial charge on any atom is 0.0968 e. The molecule has 0 amide bonds. The van der Waals surface area contributed by atoms with Crippen molar-refractivity contribution in [1.82, 2.24) is 0 Å². The van der Waals surface area contributed by atoms with Crippen LogP contribution in [0.3, 0.4) is 0 Å². The minimum Gasteiger partial charge on any atom is -1.00 e. The summed E-state index contributed by atoms with van der Waals surface area (Å²) < 4.78 is 1.17. The van der Waals surface area contributed by atoms with Crippen molar-refractivity contribution in [3.05, 3.63) is 12.7 Å². The minimum absolute atomic E-state index is 0. The molecule has 0 aliphatic rings. The van der Waals surface area contributed by atoms with Gasteiger partial charge in [-0.2, -0.15) is 0 Å². The highest BCUT2D eigenvalue weighted by molar-refractivity contribution is 4.65. The van der Waals surface area contributed by atoms with Crippen LogP contribution in [0.1, 0.15) is 110 Å². The molecule has 0 N–H and O–H groups in total. The highest BCUT2D eigenvalue weighted by atomic mass is 35.5. The number of quaternary nitrogens is 1. The van der Waals surface area contributed by atoms with E-state index in [9.17, 15) is 0 Å². The van der Waals surface area contributed by atoms with Crippen molar-refractivity contribution >= 4 is 0 Å². The summed E-state index contributed by atoms with van der Waals surface area (Å²) in [7, 11) is 2.37. The Kier molecular flexibility index (Phi) is 22.1. The quantitative estimate of drug-likeness (QED) is 0.177. The predicted octanol–water partition coefficient (Wildman–Crippen LogP) is 4.51. The number of nitrogens with zero attached hydrogens (tertiary/aromatic N) is 1. The van der Waals surface area contributed by atoms with Crippen LogP contribution in [0, 0.1) is 0 Å². The SMILES string of the molecule is C=CC[N+](C)(CC)CCCCCCCCCCCCCCCCC.[Cl-]. The van der Waals surface area contributed by atoms with Crippen LogP contribution in [0.5, 0.6) is 0 Å². The Morgan fingerprint density at radius 3 is 1.32 bits per heavy atom. The van der Waals surface area contributed by atoms with Crippen LogP contribution >= 0.6 is 0 Å². The first-order valence-corrected chi connectivity index (χ1v) is 11.1. The van der Waals surface area contributed by atoms with Crippen LogP contribution in [-0.2, 0) is 0 Å². The molecular formula is C23H48ClN. The van der Waals surface area contributed by atoms with Crippen LogP contribution in [0.4, 0.5) is 0 Å². The Labute approximate surface area is 166 Å². The molecule has 0 spiro atoms. The van der Waals surface area contributed by atoms with Gasteiger partial charge >= 0.3 is 0 Å². The van der Waals surface area contributed by atoms with E-state index in [1.807, 2.05) is 0 Å². The summed E-state index contributed by atoms with van der Waals surface area (Å²) in [5.41, 5.74) is 0. The molecule has 1 atom stereocenters. The molecule has 2 heteroatoms. The second-order valence-corrected chi connectivity index (χ2v) is 8.08. The fourth-order valence-electron chi connectivity index (χ4n) is 3.56. The van der Waals surface area contributed by atoms with Crippen molar-refractivity contribution in [1.29, 1.82) is 0 Å². The lowest BCUT2D eigenvalue weighted by Gasteiger charge is -2.32. The summed E-state index contributed by atoms with van der Waals surface area (Å²) in [5.74, 6) is 0. The molecule has 0 aliphatic heterocycles. The van der Waals surface area contributed by atoms with Crippen molar-refractivity contribution in [3.63, 3.8) is 0 Å². The average molecular weight is 374 g/mol. The van der Waals surface area contributed by atoms with Gasteiger partial charge in [0.1, 0.15) is 0 Å². The molecule has 25 heavy (non-hydrogen) atoms. The number of hydrogen-bond acceptors (Lipinski definition) is 0. The Balaban J connectivity index is 0. The zero-order chi connectivity index (χ0) is 17.9. The first-order valence-electron chi connectivity index (χ1n) is 11.1. The predicted molar refractivity (Wildman–Crippen MR) is 112 cm³/mol. The molecule has 0 saturated heterocycles. The van der Waals surface area contributed by atoms with E-state index in [2.05, 4.69) is 33.6 Å². The van der Waals surface area contributed by atoms with Gasteiger partial charge in [-0.25, -0.2) is 0 Å². The van der Waals surface area contributed by atoms with Gasteiger partial charge in [0.15, 0.2) is 0 Å². The molecule has 0 aromatic carbocycles. The number of halogens is 1. The van der Waals surface area contributed by atoms with Gasteiger partial charge in [0, 0.05) is 0 Å². The fraction of sp³-hybridized carbons (Fsp3) is 0.913. The van der Waals surface area contributed by atoms with Crippen molar-refractivity contribution in [3.8, 4) is 0 Å². The van der Waals surface area contributed by atoms with Crippen LogP contribution in [0.15, 0.2) is 12.7 Å². The first kappa shape index (κ1) is 27.2. The molecule has 0 aliphatic carbocycles. The normalized spacial score (nSPS) is 13.2. The molecule has 0 aromatic heterocycles. The highest BCUT2D eigenvalue weighted by Crippen LogP contribution is 2.14. The molecule has 0 radical (unpaired) electrons. The monoisotopic (exact) mass is 373 g/mol. The molecule has 0 saturated carbocycles. The van der Waals surface area contributed by atoms with Crippen molar-refractivity contribution < 1.29 is 16.9 Å². The van der Waals surface area contributed by atoms with Crippen molar-refractivity contribution in [2.45, 2.75) is 110 Å². The summed E-state index contributed by atoms with van der Waals surface area (Å²) >= 11 is 0. The summed E-state index contributed by atoms with van der Waals surface area (Å²) in [5, 5.41) is 0. The molecular weight excluding hydrogens is 326 g/mol. The molecule has 1 nitrogen and oxygen atoms in total. The number of likely N-dealkylation sites (N-methyl/N-ethyl adjacent to an activating group) is 1. The van der Waals surface area contributed by atoms with Crippen LogP contribution in [0.25, 0.3) is 0 Å². The Morgan fingerprint density at radius 2 is 1.00 bits per heavy atom. The van der Waals surface area contributed by atoms with E-state index in [4.69, 9.17) is 0 Å². The van der Waals surface area contributed by atoms with E-state index < -0.39 is 0 Å². The zero-order valence-corrected chi connectivity index (χ0v) is 18.6. The van der Waals surface area contributed by atoms with Crippen molar-refractivity contribution in [2.24, 2.45) is 0 Å². The molecule has 0 rings (SSSR count). The van der Waals surface area contributed by atoms with E-state index in [1.165, 1.54) is 114 Å². The Bertz CT molecular complexity index is 267. The van der Waals surface area contributed by atoms with E-state index >= 15 is 0 Å². The molecule has 0 aromatic rings. The van der Waals surface area contributed by atoms with Gasteiger partial charge in [-0.1, -0.05) is 97.0 Å². The molecule has 1 unspecified atom stereocenters. The van der Waals surface area contributed by atoms with Gasteiger partial charge in [0.05, 0.1) is 26.7 Å². The maximum atomic E-state index is 3.90. The summed E-state index contributed by atoms with van der Waals surface area (Å²) in [6, 6.07) is 0. The van der Waals surface area contributed by atoms with E-state index in [1.54, 1.807) is 0 Å². The summed E-state index contributed by atoms with van der Waals surface area (Å²) in [4.78, 5) is 0. The maximum absolute atomic E-state index is 3.90. The third-order valence-corrected chi connectivity index (χ3v) is 5.63. The minimum atomic E-state index is 0. The number of rotatable bonds is 19. The van der Waals surface area contributed by atoms with Crippen molar-refractivity contribution in [2.75, 3.05) is 26.7 Å². The fourth-order valence-corrected chi connectivity index (χ4v) is 3.56. The van der Waals surface area contributed by atoms with E-state index in [0.717, 1.165) is 6.54 Å². The van der Waals surface area contributed by atoms with Gasteiger partial charge < -0.3 is 16.9 Å². The Hall–Kier alpha value is -0.0100. The summed E-state index contributed by atoms with van der Waals surface area (Å²) in [6.07, 6.45) is 23.8. The molecule has 0 heterocycles. The average Bonchev–Trinajstić information content (AvgIpc) is 2.58. The summed E-state index contributed by atoms with van der Waals surface area (Å²) in [6.45, 7) is 12.2. The van der Waals surface area contributed by atoms with Gasteiger partial charge in [-0.15, -0.1) is 0 Å². The van der Waals surface area contributed by atoms with Gasteiger partial charge in [-0.3, -0.25) is 0 Å². The van der Waals surface area contributed by atoms with E-state index in [-0.39, 0.29) is 12.4 Å². The topological polar surface area (TPSA) is 0 Å². The third-order valence-electron chi connectivity index (χ3n) is 5.63. The second-order valence-electron chi connectivity index (χ2n) is 8.08. The molecule has 0 fully saturated rings. The van der Waals surface area contributed by atoms with Gasteiger partial charge in [0.25, 0.3) is 0 Å². The van der Waals surface area contributed by atoms with Gasteiger partial charge in [-0.05, 0) is 25.8 Å². The van der Waals surface area contributed by atoms with Crippen LogP contribution in [-0.4, -0.2) is 31.2 Å². The molecule has 152 valence electrons. The lowest BCUT2D eigenvalue weighted by molar-refractivity contribution is -0.902. The van der Waals surface area contributed by atoms with Gasteiger partial charge in [0.2, 0.25) is 0 Å². The number of unbranched alkanes of at least 4 members (excludes halogenated alkanes) is 14. The highest BCUT2D eigenvalue weighted by Gasteiger charge is 2.15. The third kappa shape index (κ3) is 18.6. The lowest BCUT2D eigenvalue weighted by Crippen LogP contribution is -3.00. The van der Waals surface area contributed by atoms with E-state index in [0.29, 0.717) is 0 Å². The van der Waals surface area contributed by atoms with Crippen LogP contribution in [0.2, 0.25) is 0 Å². The standard InChI is InChI=1S/C23H48N.ClH/c1-5-8-9-10-11-12-13-14-15-16-17-18-19-20-21-23-24(4,7-3)22-6-2;/h6H,2,5,7-23H2,1,3-4H3;1H/q+1;/p-1. The number of hydrogen-bond donors (Lipinski definition) is 0. The largest absolute Gasteiger partial charge is 1.00 e. The molecule has 0 bridgehead atoms. The Morgan fingerprint density at radius 1 is 0.640 bits per heavy atom. The smallest absolute Gasteiger partial charge is 0.0968 e.